The molecule has 10 nitrogen and oxygen atoms in total. The fourth-order valence-electron chi connectivity index (χ4n) is 3.16. The van der Waals surface area contributed by atoms with Gasteiger partial charge in [-0.2, -0.15) is 0 Å². The van der Waals surface area contributed by atoms with Crippen LogP contribution in [0, 0.1) is 10.8 Å². The molecule has 1 amide bonds. The summed E-state index contributed by atoms with van der Waals surface area (Å²) in [6.07, 6.45) is 8.16. The molecule has 0 aliphatic rings. The average molecular weight is 492 g/mol. The van der Waals surface area contributed by atoms with Gasteiger partial charge < -0.3 is 49.2 Å². The van der Waals surface area contributed by atoms with E-state index < -0.39 is 10.8 Å². The SMILES string of the molecule is CC/C=C/C=C/NC(=O)c1cc(COCC(CN)(CN)CN)cc(COCC(CN)(CN)CN)c1. The molecule has 0 aliphatic heterocycles. The Balaban J connectivity index is 3.01. The average Bonchev–Trinajstić information content (AvgIpc) is 2.89. The van der Waals surface area contributed by atoms with Gasteiger partial charge in [-0.25, -0.2) is 0 Å². The van der Waals surface area contributed by atoms with Crippen molar-refractivity contribution in [2.75, 3.05) is 52.5 Å². The quantitative estimate of drug-likeness (QED) is 0.134. The van der Waals surface area contributed by atoms with Gasteiger partial charge in [-0.15, -0.1) is 0 Å². The minimum absolute atomic E-state index is 0.241. The van der Waals surface area contributed by atoms with E-state index in [9.17, 15) is 4.79 Å². The molecule has 0 aromatic heterocycles. The van der Waals surface area contributed by atoms with Crippen molar-refractivity contribution in [2.24, 2.45) is 45.2 Å². The number of rotatable bonds is 18. The van der Waals surface area contributed by atoms with Gasteiger partial charge in [-0.1, -0.05) is 25.1 Å². The molecule has 0 heterocycles. The zero-order chi connectivity index (χ0) is 26.2. The number of hydrogen-bond acceptors (Lipinski definition) is 9. The Bertz CT molecular complexity index is 745. The van der Waals surface area contributed by atoms with E-state index in [0.717, 1.165) is 17.5 Å². The second-order valence-corrected chi connectivity index (χ2v) is 8.92. The second kappa shape index (κ2) is 16.5. The van der Waals surface area contributed by atoms with E-state index >= 15 is 0 Å². The lowest BCUT2D eigenvalue weighted by atomic mass is 9.89. The topological polar surface area (TPSA) is 204 Å². The molecule has 0 radical (unpaired) electrons. The monoisotopic (exact) mass is 491 g/mol. The number of allylic oxidation sites excluding steroid dienone is 3. The Morgan fingerprint density at radius 1 is 0.800 bits per heavy atom. The highest BCUT2D eigenvalue weighted by molar-refractivity contribution is 5.95. The molecule has 198 valence electrons. The van der Waals surface area contributed by atoms with Crippen molar-refractivity contribution in [2.45, 2.75) is 26.6 Å². The fourth-order valence-corrected chi connectivity index (χ4v) is 3.16. The number of hydrogen-bond donors (Lipinski definition) is 7. The van der Waals surface area contributed by atoms with Gasteiger partial charge in [0, 0.05) is 61.9 Å². The zero-order valence-electron chi connectivity index (χ0n) is 21.0. The maximum atomic E-state index is 12.8. The summed E-state index contributed by atoms with van der Waals surface area (Å²) in [5.41, 5.74) is 36.3. The van der Waals surface area contributed by atoms with Crippen LogP contribution in [0.1, 0.15) is 34.8 Å². The third-order valence-corrected chi connectivity index (χ3v) is 6.06. The van der Waals surface area contributed by atoms with Gasteiger partial charge in [-0.05, 0) is 35.8 Å². The standard InChI is InChI=1S/C25H45N7O3/c1-2-3-4-5-6-32-23(33)22-8-20(10-34-18-24(12-26,13-27)14-28)7-21(9-22)11-35-19-25(15-29,16-30)17-31/h3-9H,2,10-19,26-31H2,1H3,(H,32,33)/b4-3+,6-5+. The first-order valence-electron chi connectivity index (χ1n) is 12.0. The summed E-state index contributed by atoms with van der Waals surface area (Å²) < 4.78 is 11.8. The summed E-state index contributed by atoms with van der Waals surface area (Å²) >= 11 is 0. The van der Waals surface area contributed by atoms with Gasteiger partial charge in [0.25, 0.3) is 5.91 Å². The van der Waals surface area contributed by atoms with E-state index in [1.807, 2.05) is 25.1 Å². The van der Waals surface area contributed by atoms with Gasteiger partial charge in [0.05, 0.1) is 26.4 Å². The number of benzene rings is 1. The fraction of sp³-hybridized carbons (Fsp3) is 0.560. The first-order valence-corrected chi connectivity index (χ1v) is 12.0. The summed E-state index contributed by atoms with van der Waals surface area (Å²) in [5.74, 6) is -0.241. The maximum absolute atomic E-state index is 12.8. The number of ether oxygens (including phenoxy) is 2. The van der Waals surface area contributed by atoms with Crippen molar-refractivity contribution in [1.29, 1.82) is 0 Å². The molecule has 10 heteroatoms. The van der Waals surface area contributed by atoms with Crippen LogP contribution < -0.4 is 39.7 Å². The lowest BCUT2D eigenvalue weighted by molar-refractivity contribution is 0.0431. The third kappa shape index (κ3) is 10.2. The van der Waals surface area contributed by atoms with Crippen LogP contribution in [0.25, 0.3) is 0 Å². The van der Waals surface area contributed by atoms with Crippen LogP contribution in [-0.4, -0.2) is 58.4 Å². The molecule has 0 fully saturated rings. The van der Waals surface area contributed by atoms with Crippen molar-refractivity contribution in [3.8, 4) is 0 Å². The van der Waals surface area contributed by atoms with Crippen LogP contribution in [0.5, 0.6) is 0 Å². The van der Waals surface area contributed by atoms with Gasteiger partial charge in [0.2, 0.25) is 0 Å². The van der Waals surface area contributed by atoms with E-state index in [2.05, 4.69) is 5.32 Å². The summed E-state index contributed by atoms with van der Waals surface area (Å²) in [6, 6.07) is 5.50. The lowest BCUT2D eigenvalue weighted by Gasteiger charge is -2.29. The van der Waals surface area contributed by atoms with Crippen molar-refractivity contribution in [3.05, 3.63) is 59.3 Å². The Hall–Kier alpha value is -2.15. The Morgan fingerprint density at radius 2 is 1.26 bits per heavy atom. The first-order chi connectivity index (χ1) is 16.9. The van der Waals surface area contributed by atoms with Crippen LogP contribution >= 0.6 is 0 Å². The van der Waals surface area contributed by atoms with Crippen LogP contribution in [-0.2, 0) is 22.7 Å². The highest BCUT2D eigenvalue weighted by atomic mass is 16.5. The van der Waals surface area contributed by atoms with Crippen LogP contribution in [0.15, 0.2) is 42.6 Å². The van der Waals surface area contributed by atoms with Crippen molar-refractivity contribution < 1.29 is 14.3 Å². The molecule has 13 N–H and O–H groups in total. The molecule has 1 aromatic rings. The van der Waals surface area contributed by atoms with Crippen LogP contribution in [0.2, 0.25) is 0 Å². The molecule has 0 bridgehead atoms. The Kier molecular flexibility index (Phi) is 14.6. The highest BCUT2D eigenvalue weighted by Crippen LogP contribution is 2.18. The first kappa shape index (κ1) is 30.9. The van der Waals surface area contributed by atoms with E-state index in [0.29, 0.717) is 58.0 Å². The van der Waals surface area contributed by atoms with Crippen molar-refractivity contribution >= 4 is 5.91 Å². The van der Waals surface area contributed by atoms with Crippen LogP contribution in [0.3, 0.4) is 0 Å². The smallest absolute Gasteiger partial charge is 0.255 e. The molecule has 0 saturated heterocycles. The van der Waals surface area contributed by atoms with E-state index in [1.54, 1.807) is 24.4 Å². The minimum atomic E-state index is -0.478. The van der Waals surface area contributed by atoms with Gasteiger partial charge in [-0.3, -0.25) is 4.79 Å². The van der Waals surface area contributed by atoms with E-state index in [-0.39, 0.29) is 19.1 Å². The molecule has 0 atom stereocenters. The molecule has 1 aromatic carbocycles. The Morgan fingerprint density at radius 3 is 1.66 bits per heavy atom. The largest absolute Gasteiger partial charge is 0.376 e. The van der Waals surface area contributed by atoms with E-state index in [1.165, 1.54) is 0 Å². The number of nitrogens with two attached hydrogens (primary N) is 6. The lowest BCUT2D eigenvalue weighted by Crippen LogP contribution is -2.47. The number of amides is 1. The molecule has 0 spiro atoms. The molecule has 35 heavy (non-hydrogen) atoms. The zero-order valence-corrected chi connectivity index (χ0v) is 21.0. The molecule has 0 aliphatic carbocycles. The third-order valence-electron chi connectivity index (χ3n) is 6.06. The highest BCUT2D eigenvalue weighted by Gasteiger charge is 2.26. The van der Waals surface area contributed by atoms with Gasteiger partial charge in [0.1, 0.15) is 0 Å². The summed E-state index contributed by atoms with van der Waals surface area (Å²) in [7, 11) is 0. The molecule has 0 saturated carbocycles. The van der Waals surface area contributed by atoms with Crippen molar-refractivity contribution in [3.63, 3.8) is 0 Å². The van der Waals surface area contributed by atoms with E-state index in [4.69, 9.17) is 43.9 Å². The maximum Gasteiger partial charge on any atom is 0.255 e. The number of carbonyl (C=O) groups excluding carboxylic acids is 1. The van der Waals surface area contributed by atoms with Crippen molar-refractivity contribution in [1.82, 2.24) is 5.32 Å². The number of nitrogens with one attached hydrogen (secondary N) is 1. The normalized spacial score (nSPS) is 12.7. The molecular weight excluding hydrogens is 446 g/mol. The van der Waals surface area contributed by atoms with Gasteiger partial charge >= 0.3 is 0 Å². The Labute approximate surface area is 209 Å². The molecule has 1 rings (SSSR count). The summed E-state index contributed by atoms with van der Waals surface area (Å²) in [5, 5.41) is 2.78. The van der Waals surface area contributed by atoms with Gasteiger partial charge in [0.15, 0.2) is 0 Å². The predicted molar refractivity (Wildman–Crippen MR) is 141 cm³/mol. The number of carbonyl (C=O) groups is 1. The molecular formula is C25H45N7O3. The summed E-state index contributed by atoms with van der Waals surface area (Å²) in [4.78, 5) is 12.8. The van der Waals surface area contributed by atoms with Crippen LogP contribution in [0.4, 0.5) is 0 Å². The minimum Gasteiger partial charge on any atom is -0.376 e. The second-order valence-electron chi connectivity index (χ2n) is 8.92. The summed E-state index contributed by atoms with van der Waals surface area (Å²) in [6.45, 7) is 5.16. The predicted octanol–water partition coefficient (Wildman–Crippen LogP) is -0.345. The molecule has 0 unspecified atom stereocenters.